The fraction of sp³-hybridized carbons (Fsp3) is 0.182. The molecule has 142 valence electrons. The molecule has 0 spiro atoms. The number of H-pyrrole nitrogens is 1. The molecule has 4 rings (SSSR count). The number of carbonyl (C=O) groups excluding carboxylic acids is 1. The number of fused-ring (bicyclic) bond motifs is 1. The summed E-state index contributed by atoms with van der Waals surface area (Å²) in [4.78, 5) is 15.7. The van der Waals surface area contributed by atoms with Gasteiger partial charge in [-0.15, -0.1) is 11.3 Å². The Morgan fingerprint density at radius 2 is 1.86 bits per heavy atom. The predicted molar refractivity (Wildman–Crippen MR) is 111 cm³/mol. The van der Waals surface area contributed by atoms with E-state index in [0.717, 1.165) is 27.0 Å². The molecule has 4 aromatic rings. The van der Waals surface area contributed by atoms with Crippen LogP contribution >= 0.6 is 11.3 Å². The molecule has 2 aromatic carbocycles. The molecule has 0 aliphatic heterocycles. The zero-order valence-corrected chi connectivity index (χ0v) is 16.1. The zero-order chi connectivity index (χ0) is 19.3. The van der Waals surface area contributed by atoms with Crippen molar-refractivity contribution >= 4 is 28.1 Å². The first-order valence-corrected chi connectivity index (χ1v) is 10.0. The smallest absolute Gasteiger partial charge is 0.228 e. The summed E-state index contributed by atoms with van der Waals surface area (Å²) in [6.45, 7) is 0.703. The van der Waals surface area contributed by atoms with Gasteiger partial charge >= 0.3 is 0 Å². The Balaban J connectivity index is 1.55. The van der Waals surface area contributed by atoms with Crippen LogP contribution in [0.3, 0.4) is 0 Å². The highest BCUT2D eigenvalue weighted by Gasteiger charge is 2.21. The molecule has 28 heavy (non-hydrogen) atoms. The lowest BCUT2D eigenvalue weighted by molar-refractivity contribution is -0.132. The van der Waals surface area contributed by atoms with Gasteiger partial charge in [0.05, 0.1) is 24.2 Å². The monoisotopic (exact) mass is 391 g/mol. The number of aliphatic hydroxyl groups excluding tert-OH is 1. The van der Waals surface area contributed by atoms with Gasteiger partial charge in [0.15, 0.2) is 0 Å². The normalized spacial score (nSPS) is 12.2. The Bertz CT molecular complexity index is 1040. The molecule has 0 aliphatic rings. The maximum Gasteiger partial charge on any atom is 0.228 e. The lowest BCUT2D eigenvalue weighted by Gasteiger charge is -2.25. The maximum absolute atomic E-state index is 13.1. The van der Waals surface area contributed by atoms with Crippen LogP contribution in [0.1, 0.15) is 22.2 Å². The van der Waals surface area contributed by atoms with Crippen LogP contribution in [0.2, 0.25) is 0 Å². The lowest BCUT2D eigenvalue weighted by Crippen LogP contribution is -2.35. The van der Waals surface area contributed by atoms with Crippen molar-refractivity contribution in [2.75, 3.05) is 6.54 Å². The Morgan fingerprint density at radius 3 is 2.64 bits per heavy atom. The summed E-state index contributed by atoms with van der Waals surface area (Å²) in [5, 5.41) is 20.7. The number of carbonyl (C=O) groups is 1. The standard InChI is InChI=1S/C22H21N3O2S/c26-20(21-11-6-12-28-21)15-25(14-16-7-2-1-3-8-16)22(27)13-19-17-9-4-5-10-18(17)23-24-19/h1-12,20,26H,13-15H2,(H,23,24). The minimum atomic E-state index is -0.703. The minimum Gasteiger partial charge on any atom is -0.386 e. The van der Waals surface area contributed by atoms with Crippen LogP contribution in [0.5, 0.6) is 0 Å². The zero-order valence-electron chi connectivity index (χ0n) is 15.3. The Kier molecular flexibility index (Phi) is 5.50. The molecule has 6 heteroatoms. The van der Waals surface area contributed by atoms with Gasteiger partial charge in [0.1, 0.15) is 6.10 Å². The molecule has 1 amide bonds. The molecule has 0 aliphatic carbocycles. The number of para-hydroxylation sites is 1. The number of aliphatic hydroxyl groups is 1. The second-order valence-corrected chi connectivity index (χ2v) is 7.67. The molecule has 1 atom stereocenters. The summed E-state index contributed by atoms with van der Waals surface area (Å²) < 4.78 is 0. The van der Waals surface area contributed by atoms with Gasteiger partial charge in [0.25, 0.3) is 0 Å². The first-order valence-electron chi connectivity index (χ1n) is 9.16. The van der Waals surface area contributed by atoms with Crippen LogP contribution in [-0.4, -0.2) is 32.7 Å². The van der Waals surface area contributed by atoms with E-state index in [-0.39, 0.29) is 18.9 Å². The van der Waals surface area contributed by atoms with Crippen molar-refractivity contribution in [1.82, 2.24) is 15.1 Å². The Morgan fingerprint density at radius 1 is 1.07 bits per heavy atom. The van der Waals surface area contributed by atoms with Crippen LogP contribution in [0, 0.1) is 0 Å². The van der Waals surface area contributed by atoms with Gasteiger partial charge in [-0.1, -0.05) is 54.6 Å². The fourth-order valence-electron chi connectivity index (χ4n) is 3.25. The van der Waals surface area contributed by atoms with Crippen molar-refractivity contribution in [3.8, 4) is 0 Å². The SMILES string of the molecule is O=C(Cc1[nH]nc2ccccc12)N(Cc1ccccc1)CC(O)c1cccs1. The van der Waals surface area contributed by atoms with Crippen molar-refractivity contribution in [2.24, 2.45) is 0 Å². The summed E-state index contributed by atoms with van der Waals surface area (Å²) in [6.07, 6.45) is -0.490. The van der Waals surface area contributed by atoms with Crippen LogP contribution in [-0.2, 0) is 17.8 Å². The number of nitrogens with zero attached hydrogens (tertiary/aromatic N) is 2. The topological polar surface area (TPSA) is 69.2 Å². The minimum absolute atomic E-state index is 0.0473. The summed E-state index contributed by atoms with van der Waals surface area (Å²) in [5.41, 5.74) is 2.67. The van der Waals surface area contributed by atoms with Crippen molar-refractivity contribution in [2.45, 2.75) is 19.1 Å². The van der Waals surface area contributed by atoms with Crippen molar-refractivity contribution in [1.29, 1.82) is 0 Å². The van der Waals surface area contributed by atoms with Crippen LogP contribution < -0.4 is 0 Å². The molecule has 2 heterocycles. The molecule has 0 radical (unpaired) electrons. The summed E-state index contributed by atoms with van der Waals surface area (Å²) in [7, 11) is 0. The van der Waals surface area contributed by atoms with E-state index in [0.29, 0.717) is 6.54 Å². The third-order valence-electron chi connectivity index (χ3n) is 4.70. The molecule has 1 unspecified atom stereocenters. The van der Waals surface area contributed by atoms with E-state index in [1.165, 1.54) is 11.3 Å². The predicted octanol–water partition coefficient (Wildman–Crippen LogP) is 3.93. The van der Waals surface area contributed by atoms with E-state index in [1.807, 2.05) is 72.1 Å². The van der Waals surface area contributed by atoms with E-state index in [1.54, 1.807) is 4.90 Å². The fourth-order valence-corrected chi connectivity index (χ4v) is 3.95. The maximum atomic E-state index is 13.1. The molecular weight excluding hydrogens is 370 g/mol. The van der Waals surface area contributed by atoms with Gasteiger partial charge < -0.3 is 10.0 Å². The molecule has 0 bridgehead atoms. The lowest BCUT2D eigenvalue weighted by atomic mass is 10.1. The van der Waals surface area contributed by atoms with E-state index in [9.17, 15) is 9.90 Å². The molecule has 0 saturated carbocycles. The third kappa shape index (κ3) is 4.13. The Hall–Kier alpha value is -2.96. The molecular formula is C22H21N3O2S. The summed E-state index contributed by atoms with van der Waals surface area (Å²) in [5.74, 6) is -0.0473. The van der Waals surface area contributed by atoms with Gasteiger partial charge in [-0.2, -0.15) is 5.10 Å². The van der Waals surface area contributed by atoms with Gasteiger partial charge in [0, 0.05) is 16.8 Å². The first-order chi connectivity index (χ1) is 13.7. The number of benzene rings is 2. The first kappa shape index (κ1) is 18.4. The summed E-state index contributed by atoms with van der Waals surface area (Å²) in [6, 6.07) is 21.4. The van der Waals surface area contributed by atoms with Gasteiger partial charge in [-0.3, -0.25) is 9.89 Å². The van der Waals surface area contributed by atoms with Crippen molar-refractivity contribution < 1.29 is 9.90 Å². The second-order valence-electron chi connectivity index (χ2n) is 6.69. The van der Waals surface area contributed by atoms with Crippen LogP contribution in [0.4, 0.5) is 0 Å². The second kappa shape index (κ2) is 8.37. The molecule has 5 nitrogen and oxygen atoms in total. The number of aromatic nitrogens is 2. The van der Waals surface area contributed by atoms with E-state index >= 15 is 0 Å². The number of amides is 1. The molecule has 0 saturated heterocycles. The number of aromatic amines is 1. The molecule has 0 fully saturated rings. The van der Waals surface area contributed by atoms with Gasteiger partial charge in [-0.25, -0.2) is 0 Å². The van der Waals surface area contributed by atoms with Gasteiger partial charge in [0.2, 0.25) is 5.91 Å². The van der Waals surface area contributed by atoms with E-state index in [4.69, 9.17) is 0 Å². The number of hydrogen-bond donors (Lipinski definition) is 2. The average molecular weight is 391 g/mol. The highest BCUT2D eigenvalue weighted by atomic mass is 32.1. The number of nitrogens with one attached hydrogen (secondary N) is 1. The average Bonchev–Trinajstić information content (AvgIpc) is 3.39. The van der Waals surface area contributed by atoms with E-state index < -0.39 is 6.10 Å². The number of thiophene rings is 1. The molecule has 2 N–H and O–H groups in total. The van der Waals surface area contributed by atoms with Crippen molar-refractivity contribution in [3.63, 3.8) is 0 Å². The van der Waals surface area contributed by atoms with Crippen LogP contribution in [0.25, 0.3) is 10.9 Å². The number of hydrogen-bond acceptors (Lipinski definition) is 4. The quantitative estimate of drug-likeness (QED) is 0.502. The largest absolute Gasteiger partial charge is 0.386 e. The highest BCUT2D eigenvalue weighted by Crippen LogP contribution is 2.22. The third-order valence-corrected chi connectivity index (χ3v) is 5.68. The summed E-state index contributed by atoms with van der Waals surface area (Å²) >= 11 is 1.49. The van der Waals surface area contributed by atoms with Gasteiger partial charge in [-0.05, 0) is 23.1 Å². The van der Waals surface area contributed by atoms with E-state index in [2.05, 4.69) is 10.2 Å². The number of rotatable bonds is 7. The van der Waals surface area contributed by atoms with Crippen molar-refractivity contribution in [3.05, 3.63) is 88.2 Å². The van der Waals surface area contributed by atoms with Crippen LogP contribution in [0.15, 0.2) is 72.1 Å². The highest BCUT2D eigenvalue weighted by molar-refractivity contribution is 7.10. The molecule has 2 aromatic heterocycles. The Labute approximate surface area is 167 Å².